The summed E-state index contributed by atoms with van der Waals surface area (Å²) in [4.78, 5) is 2.37. The second-order valence-corrected chi connectivity index (χ2v) is 6.48. The second kappa shape index (κ2) is 6.67. The van der Waals surface area contributed by atoms with Crippen LogP contribution in [0.3, 0.4) is 0 Å². The van der Waals surface area contributed by atoms with Crippen LogP contribution >= 0.6 is 0 Å². The molecule has 2 aromatic rings. The van der Waals surface area contributed by atoms with Gasteiger partial charge in [-0.2, -0.15) is 0 Å². The van der Waals surface area contributed by atoms with E-state index in [1.807, 2.05) is 29.6 Å². The standard InChI is InChI=1S/C20H23N3O/c24-15-20-8-12-22(20)11-7-16-3-4-18-14-19(6-5-17(18)13-16)23-10-2-1-9-21-23/h1-6,9-10,13-14,20-21,24H,7-8,11-12,15H2/t20-/m0/s1. The predicted octanol–water partition coefficient (Wildman–Crippen LogP) is 2.80. The zero-order valence-electron chi connectivity index (χ0n) is 13.7. The quantitative estimate of drug-likeness (QED) is 0.888. The maximum Gasteiger partial charge on any atom is 0.0629 e. The average molecular weight is 321 g/mol. The highest BCUT2D eigenvalue weighted by Crippen LogP contribution is 2.24. The number of anilines is 1. The molecule has 0 radical (unpaired) electrons. The summed E-state index contributed by atoms with van der Waals surface area (Å²) in [6.07, 6.45) is 10.1. The highest BCUT2D eigenvalue weighted by atomic mass is 16.3. The molecule has 1 saturated heterocycles. The molecule has 24 heavy (non-hydrogen) atoms. The van der Waals surface area contributed by atoms with E-state index < -0.39 is 0 Å². The van der Waals surface area contributed by atoms with Crippen molar-refractivity contribution in [3.63, 3.8) is 0 Å². The molecule has 2 heterocycles. The highest BCUT2D eigenvalue weighted by Gasteiger charge is 2.26. The first-order valence-electron chi connectivity index (χ1n) is 8.60. The van der Waals surface area contributed by atoms with Crippen molar-refractivity contribution in [1.29, 1.82) is 0 Å². The van der Waals surface area contributed by atoms with Gasteiger partial charge < -0.3 is 10.5 Å². The Balaban J connectivity index is 1.47. The van der Waals surface area contributed by atoms with Gasteiger partial charge in [0.25, 0.3) is 0 Å². The van der Waals surface area contributed by atoms with Crippen molar-refractivity contribution in [1.82, 2.24) is 10.3 Å². The summed E-state index contributed by atoms with van der Waals surface area (Å²) in [6.45, 7) is 2.44. The Morgan fingerprint density at radius 1 is 1.08 bits per heavy atom. The van der Waals surface area contributed by atoms with Gasteiger partial charge in [0, 0.05) is 31.5 Å². The van der Waals surface area contributed by atoms with Crippen molar-refractivity contribution in [3.8, 4) is 0 Å². The molecule has 4 nitrogen and oxygen atoms in total. The lowest BCUT2D eigenvalue weighted by Crippen LogP contribution is -2.50. The molecule has 0 spiro atoms. The number of aliphatic hydroxyl groups is 1. The monoisotopic (exact) mass is 321 g/mol. The topological polar surface area (TPSA) is 38.7 Å². The summed E-state index contributed by atoms with van der Waals surface area (Å²) in [5.41, 5.74) is 5.69. The number of benzene rings is 2. The first kappa shape index (κ1) is 15.2. The van der Waals surface area contributed by atoms with E-state index in [0.717, 1.165) is 31.6 Å². The largest absolute Gasteiger partial charge is 0.395 e. The number of nitrogens with zero attached hydrogens (tertiary/aromatic N) is 2. The Morgan fingerprint density at radius 3 is 2.71 bits per heavy atom. The molecule has 4 heteroatoms. The molecule has 0 unspecified atom stereocenters. The summed E-state index contributed by atoms with van der Waals surface area (Å²) in [6, 6.07) is 13.6. The normalized spacial score (nSPS) is 20.2. The maximum absolute atomic E-state index is 9.27. The molecule has 0 aromatic heterocycles. The molecule has 0 amide bonds. The van der Waals surface area contributed by atoms with Crippen molar-refractivity contribution < 1.29 is 5.11 Å². The van der Waals surface area contributed by atoms with Crippen LogP contribution in [0.25, 0.3) is 10.8 Å². The number of rotatable bonds is 5. The van der Waals surface area contributed by atoms with Crippen LogP contribution in [0.5, 0.6) is 0 Å². The fourth-order valence-electron chi connectivity index (χ4n) is 3.37. The van der Waals surface area contributed by atoms with Gasteiger partial charge in [0.2, 0.25) is 0 Å². The molecule has 4 rings (SSSR count). The fraction of sp³-hybridized carbons (Fsp3) is 0.300. The van der Waals surface area contributed by atoms with Crippen LogP contribution in [0.1, 0.15) is 12.0 Å². The lowest BCUT2D eigenvalue weighted by molar-refractivity contribution is 0.0436. The Labute approximate surface area is 142 Å². The molecule has 2 aliphatic rings. The van der Waals surface area contributed by atoms with Gasteiger partial charge in [-0.25, -0.2) is 0 Å². The molecule has 0 bridgehead atoms. The molecule has 1 atom stereocenters. The first-order valence-corrected chi connectivity index (χ1v) is 8.60. The van der Waals surface area contributed by atoms with Gasteiger partial charge in [0.05, 0.1) is 12.3 Å². The van der Waals surface area contributed by atoms with Gasteiger partial charge in [-0.15, -0.1) is 0 Å². The zero-order valence-corrected chi connectivity index (χ0v) is 13.7. The van der Waals surface area contributed by atoms with E-state index in [9.17, 15) is 5.11 Å². The summed E-state index contributed by atoms with van der Waals surface area (Å²) in [7, 11) is 0. The number of hydrogen-bond donors (Lipinski definition) is 2. The molecule has 2 N–H and O–H groups in total. The number of nitrogens with one attached hydrogen (secondary N) is 1. The molecular formula is C20H23N3O. The SMILES string of the molecule is OC[C@@H]1CCN1CCc1ccc2cc(N3C=CC=CN3)ccc2c1. The van der Waals surface area contributed by atoms with Gasteiger partial charge in [-0.1, -0.05) is 24.3 Å². The van der Waals surface area contributed by atoms with E-state index in [2.05, 4.69) is 46.7 Å². The summed E-state index contributed by atoms with van der Waals surface area (Å²) < 4.78 is 0. The molecule has 1 fully saturated rings. The van der Waals surface area contributed by atoms with Crippen molar-refractivity contribution >= 4 is 16.5 Å². The minimum absolute atomic E-state index is 0.286. The smallest absolute Gasteiger partial charge is 0.0629 e. The second-order valence-electron chi connectivity index (χ2n) is 6.48. The number of aliphatic hydroxyl groups excluding tert-OH is 1. The van der Waals surface area contributed by atoms with E-state index in [0.29, 0.717) is 6.04 Å². The lowest BCUT2D eigenvalue weighted by atomic mass is 10.0. The summed E-state index contributed by atoms with van der Waals surface area (Å²) in [5.74, 6) is 0. The van der Waals surface area contributed by atoms with E-state index in [4.69, 9.17) is 0 Å². The zero-order chi connectivity index (χ0) is 16.4. The molecular weight excluding hydrogens is 298 g/mol. The summed E-state index contributed by atoms with van der Waals surface area (Å²) in [5, 5.41) is 13.8. The third kappa shape index (κ3) is 3.03. The first-order chi connectivity index (χ1) is 11.8. The van der Waals surface area contributed by atoms with Crippen molar-refractivity contribution in [3.05, 3.63) is 66.5 Å². The Morgan fingerprint density at radius 2 is 1.96 bits per heavy atom. The van der Waals surface area contributed by atoms with E-state index >= 15 is 0 Å². The van der Waals surface area contributed by atoms with Gasteiger partial charge in [-0.3, -0.25) is 9.91 Å². The Hall–Kier alpha value is -2.30. The van der Waals surface area contributed by atoms with Gasteiger partial charge >= 0.3 is 0 Å². The Kier molecular flexibility index (Phi) is 4.24. The van der Waals surface area contributed by atoms with Crippen LogP contribution in [0.2, 0.25) is 0 Å². The molecule has 2 aliphatic heterocycles. The number of likely N-dealkylation sites (tertiary alicyclic amines) is 1. The van der Waals surface area contributed by atoms with E-state index in [1.54, 1.807) is 0 Å². The molecule has 0 aliphatic carbocycles. The van der Waals surface area contributed by atoms with Crippen molar-refractivity contribution in [2.45, 2.75) is 18.9 Å². The van der Waals surface area contributed by atoms with E-state index in [-0.39, 0.29) is 6.61 Å². The van der Waals surface area contributed by atoms with Crippen LogP contribution in [-0.4, -0.2) is 35.7 Å². The Bertz CT molecular complexity index is 782. The van der Waals surface area contributed by atoms with E-state index in [1.165, 1.54) is 16.3 Å². The van der Waals surface area contributed by atoms with Crippen LogP contribution < -0.4 is 10.4 Å². The number of fused-ring (bicyclic) bond motifs is 1. The number of allylic oxidation sites excluding steroid dienone is 2. The summed E-state index contributed by atoms with van der Waals surface area (Å²) >= 11 is 0. The van der Waals surface area contributed by atoms with Crippen LogP contribution in [0.15, 0.2) is 61.0 Å². The molecule has 2 aromatic carbocycles. The van der Waals surface area contributed by atoms with Gasteiger partial charge in [0.15, 0.2) is 0 Å². The maximum atomic E-state index is 9.27. The third-order valence-electron chi connectivity index (χ3n) is 4.99. The third-order valence-corrected chi connectivity index (χ3v) is 4.99. The number of hydrogen-bond acceptors (Lipinski definition) is 4. The average Bonchev–Trinajstić information content (AvgIpc) is 2.61. The van der Waals surface area contributed by atoms with Crippen LogP contribution in [-0.2, 0) is 6.42 Å². The van der Waals surface area contributed by atoms with Crippen LogP contribution in [0, 0.1) is 0 Å². The van der Waals surface area contributed by atoms with Gasteiger partial charge in [-0.05, 0) is 53.5 Å². The van der Waals surface area contributed by atoms with Crippen molar-refractivity contribution in [2.24, 2.45) is 0 Å². The fourth-order valence-corrected chi connectivity index (χ4v) is 3.37. The lowest BCUT2D eigenvalue weighted by Gasteiger charge is -2.39. The minimum Gasteiger partial charge on any atom is -0.395 e. The van der Waals surface area contributed by atoms with Crippen molar-refractivity contribution in [2.75, 3.05) is 24.7 Å². The molecule has 124 valence electrons. The highest BCUT2D eigenvalue weighted by molar-refractivity contribution is 5.86. The van der Waals surface area contributed by atoms with Gasteiger partial charge in [0.1, 0.15) is 0 Å². The molecule has 0 saturated carbocycles. The minimum atomic E-state index is 0.286. The number of hydrazine groups is 1. The van der Waals surface area contributed by atoms with Crippen LogP contribution in [0.4, 0.5) is 5.69 Å². The predicted molar refractivity (Wildman–Crippen MR) is 98.6 cm³/mol.